The molecule has 4 atom stereocenters. The highest BCUT2D eigenvalue weighted by Crippen LogP contribution is 2.38. The summed E-state index contributed by atoms with van der Waals surface area (Å²) in [5.41, 5.74) is -1.59. The highest BCUT2D eigenvalue weighted by molar-refractivity contribution is 5.93. The molecule has 0 radical (unpaired) electrons. The summed E-state index contributed by atoms with van der Waals surface area (Å²) in [6.45, 7) is 3.75. The van der Waals surface area contributed by atoms with Gasteiger partial charge in [0, 0.05) is 22.3 Å². The van der Waals surface area contributed by atoms with E-state index in [4.69, 9.17) is 0 Å². The number of nitrogens with one attached hydrogen (secondary N) is 2. The van der Waals surface area contributed by atoms with Crippen LogP contribution in [-0.2, 0) is 20.8 Å². The van der Waals surface area contributed by atoms with E-state index >= 15 is 0 Å². The van der Waals surface area contributed by atoms with Gasteiger partial charge in [0.1, 0.15) is 0 Å². The first-order valence-corrected chi connectivity index (χ1v) is 15.8. The van der Waals surface area contributed by atoms with Crippen LogP contribution in [-0.4, -0.2) is 33.1 Å². The number of carbonyl (C=O) groups is 2. The zero-order valence-corrected chi connectivity index (χ0v) is 26.7. The summed E-state index contributed by atoms with van der Waals surface area (Å²) < 4.78 is 0. The third-order valence-electron chi connectivity index (χ3n) is 9.23. The highest BCUT2D eigenvalue weighted by Gasteiger charge is 2.52. The van der Waals surface area contributed by atoms with Crippen molar-refractivity contribution in [3.05, 3.63) is 168 Å². The minimum Gasteiger partial charge on any atom is -0.369 e. The molecule has 0 unspecified atom stereocenters. The maximum absolute atomic E-state index is 12.0. The Morgan fingerprint density at radius 1 is 0.521 bits per heavy atom. The Hall–Kier alpha value is -5.66. The molecule has 6 heteroatoms. The number of aliphatic hydroxyl groups is 2. The van der Waals surface area contributed by atoms with Gasteiger partial charge in [0.25, 0.3) is 0 Å². The van der Waals surface area contributed by atoms with Gasteiger partial charge in [-0.2, -0.15) is 0 Å². The fourth-order valence-corrected chi connectivity index (χ4v) is 6.43. The second-order valence-electron chi connectivity index (χ2n) is 12.6. The quantitative estimate of drug-likeness (QED) is 0.188. The molecular formula is C42H36N2O4. The Morgan fingerprint density at radius 2 is 0.792 bits per heavy atom. The van der Waals surface area contributed by atoms with Crippen molar-refractivity contribution in [2.75, 3.05) is 0 Å². The van der Waals surface area contributed by atoms with Crippen molar-refractivity contribution in [1.82, 2.24) is 10.6 Å². The molecule has 1 saturated heterocycles. The van der Waals surface area contributed by atoms with Crippen LogP contribution in [0.5, 0.6) is 0 Å². The zero-order chi connectivity index (χ0) is 33.8. The van der Waals surface area contributed by atoms with Gasteiger partial charge in [0.05, 0.1) is 22.9 Å². The maximum atomic E-state index is 12.0. The summed E-state index contributed by atoms with van der Waals surface area (Å²) in [5.74, 6) is 10.8. The van der Waals surface area contributed by atoms with E-state index in [9.17, 15) is 19.8 Å². The number of carbonyl (C=O) groups excluding carboxylic acids is 2. The van der Waals surface area contributed by atoms with Crippen molar-refractivity contribution in [1.29, 1.82) is 0 Å². The number of benzene rings is 4. The van der Waals surface area contributed by atoms with E-state index in [0.717, 1.165) is 0 Å². The molecule has 10 rings (SSSR count). The summed E-state index contributed by atoms with van der Waals surface area (Å²) in [4.78, 5) is 24.0. The average molecular weight is 633 g/mol. The molecule has 4 bridgehead atoms. The minimum atomic E-state index is -1.52. The van der Waals surface area contributed by atoms with Gasteiger partial charge in [-0.25, -0.2) is 0 Å². The molecule has 1 fully saturated rings. The van der Waals surface area contributed by atoms with E-state index in [0.29, 0.717) is 22.3 Å². The lowest BCUT2D eigenvalue weighted by atomic mass is 9.69. The van der Waals surface area contributed by atoms with E-state index < -0.39 is 22.3 Å². The predicted molar refractivity (Wildman–Crippen MR) is 186 cm³/mol. The van der Waals surface area contributed by atoms with Crippen molar-refractivity contribution in [3.63, 3.8) is 0 Å². The molecule has 48 heavy (non-hydrogen) atoms. The summed E-state index contributed by atoms with van der Waals surface area (Å²) in [6.07, 6.45) is 7.72. The Kier molecular flexibility index (Phi) is 8.65. The molecule has 6 nitrogen and oxygen atoms in total. The first-order valence-electron chi connectivity index (χ1n) is 15.8. The van der Waals surface area contributed by atoms with Gasteiger partial charge in [0.15, 0.2) is 11.2 Å². The predicted octanol–water partition coefficient (Wildman–Crippen LogP) is 4.99. The lowest BCUT2D eigenvalue weighted by Gasteiger charge is -2.49. The third-order valence-corrected chi connectivity index (χ3v) is 9.23. The average Bonchev–Trinajstić information content (AvgIpc) is 3.11. The van der Waals surface area contributed by atoms with Crippen molar-refractivity contribution in [2.24, 2.45) is 11.8 Å². The van der Waals surface area contributed by atoms with Crippen LogP contribution in [0.4, 0.5) is 0 Å². The van der Waals surface area contributed by atoms with Gasteiger partial charge >= 0.3 is 0 Å². The Labute approximate surface area is 281 Å². The minimum absolute atomic E-state index is 0.0122. The number of amides is 2. The number of hydrogen-bond acceptors (Lipinski definition) is 4. The molecule has 4 aromatic carbocycles. The van der Waals surface area contributed by atoms with Crippen LogP contribution in [0, 0.1) is 35.5 Å². The second kappa shape index (κ2) is 12.9. The number of rotatable bonds is 4. The molecule has 0 spiro atoms. The van der Waals surface area contributed by atoms with Crippen LogP contribution in [0.15, 0.2) is 146 Å². The van der Waals surface area contributed by atoms with Crippen molar-refractivity contribution < 1.29 is 19.8 Å². The topological polar surface area (TPSA) is 98.7 Å². The van der Waals surface area contributed by atoms with E-state index in [1.165, 1.54) is 0 Å². The van der Waals surface area contributed by atoms with Crippen LogP contribution >= 0.6 is 0 Å². The zero-order valence-electron chi connectivity index (χ0n) is 26.7. The SMILES string of the molecule is C[C@]12C=C[C@H](C(=O)N1)[C@]1(C)C=C[C@H]2C(=O)N1.OC(C#CC#CC(O)(c1ccccc1)c1ccccc1)(c1ccccc1)c1ccccc1. The summed E-state index contributed by atoms with van der Waals surface area (Å²) in [6, 6.07) is 37.1. The van der Waals surface area contributed by atoms with Gasteiger partial charge in [-0.1, -0.05) is 146 Å². The van der Waals surface area contributed by atoms with Gasteiger partial charge in [-0.05, 0) is 37.5 Å². The lowest BCUT2D eigenvalue weighted by Crippen LogP contribution is -2.69. The number of hydrogen-bond donors (Lipinski definition) is 4. The third kappa shape index (κ3) is 6.08. The molecule has 0 saturated carbocycles. The Bertz CT molecular complexity index is 1760. The van der Waals surface area contributed by atoms with Crippen LogP contribution < -0.4 is 10.6 Å². The van der Waals surface area contributed by atoms with Crippen LogP contribution in [0.1, 0.15) is 36.1 Å². The highest BCUT2D eigenvalue weighted by atomic mass is 16.3. The molecule has 238 valence electrons. The fourth-order valence-electron chi connectivity index (χ4n) is 6.43. The van der Waals surface area contributed by atoms with Crippen molar-refractivity contribution in [3.8, 4) is 23.7 Å². The normalized spacial score (nSPS) is 23.5. The summed E-state index contributed by atoms with van der Waals surface area (Å²) >= 11 is 0. The molecule has 1 aliphatic carbocycles. The standard InChI is InChI=1S/C30H22O2.C12H14N2O2/c31-29(25-15-5-1-6-16-25,26-17-7-2-8-18-26)23-13-14-24-30(32,27-19-9-3-10-20-27)28-21-11-4-12-22-28;1-11-5-3-8(10(16)13-11)12(2)6-4-7(11)9(15)14-12/h1-12,15-22,31-32H;3-8H,1-2H3,(H,13,16)(H,14,15)/t;7-,8+,11+,12-. The van der Waals surface area contributed by atoms with Gasteiger partial charge in [-0.15, -0.1) is 0 Å². The van der Waals surface area contributed by atoms with E-state index in [2.05, 4.69) is 34.3 Å². The molecule has 2 amide bonds. The van der Waals surface area contributed by atoms with Gasteiger partial charge in [-0.3, -0.25) is 9.59 Å². The second-order valence-corrected chi connectivity index (χ2v) is 12.6. The monoisotopic (exact) mass is 632 g/mol. The van der Waals surface area contributed by atoms with E-state index in [1.807, 2.05) is 159 Å². The molecule has 4 N–H and O–H groups in total. The first kappa shape index (κ1) is 32.3. The largest absolute Gasteiger partial charge is 0.369 e. The molecule has 0 aromatic heterocycles. The van der Waals surface area contributed by atoms with Gasteiger partial charge < -0.3 is 20.8 Å². The van der Waals surface area contributed by atoms with Crippen LogP contribution in [0.3, 0.4) is 0 Å². The first-order chi connectivity index (χ1) is 23.1. The van der Waals surface area contributed by atoms with Crippen molar-refractivity contribution >= 4 is 11.8 Å². The lowest BCUT2D eigenvalue weighted by molar-refractivity contribution is -0.136. The summed E-state index contributed by atoms with van der Waals surface area (Å²) in [5, 5.41) is 28.9. The Balaban J connectivity index is 0.000000208. The van der Waals surface area contributed by atoms with Crippen LogP contribution in [0.2, 0.25) is 0 Å². The molecule has 4 aromatic rings. The molecule has 6 aliphatic rings. The van der Waals surface area contributed by atoms with Crippen LogP contribution in [0.25, 0.3) is 0 Å². The Morgan fingerprint density at radius 3 is 1.04 bits per heavy atom. The molecule has 5 heterocycles. The molecule has 5 aliphatic heterocycles. The molecular weight excluding hydrogens is 596 g/mol. The maximum Gasteiger partial charge on any atom is 0.230 e. The van der Waals surface area contributed by atoms with Gasteiger partial charge in [0.2, 0.25) is 11.8 Å². The fraction of sp³-hybridized carbons (Fsp3) is 0.190. The van der Waals surface area contributed by atoms with E-state index in [1.54, 1.807) is 0 Å². The summed E-state index contributed by atoms with van der Waals surface area (Å²) in [7, 11) is 0. The smallest absolute Gasteiger partial charge is 0.230 e. The van der Waals surface area contributed by atoms with Crippen molar-refractivity contribution in [2.45, 2.75) is 36.1 Å². The van der Waals surface area contributed by atoms with E-state index in [-0.39, 0.29) is 23.7 Å².